The maximum Gasteiger partial charge on any atom is 0.128 e. The van der Waals surface area contributed by atoms with Gasteiger partial charge in [-0.15, -0.1) is 0 Å². The van der Waals surface area contributed by atoms with Gasteiger partial charge in [-0.3, -0.25) is 0 Å². The van der Waals surface area contributed by atoms with E-state index in [9.17, 15) is 0 Å². The number of fused-ring (bicyclic) bond motifs is 1. The third-order valence-electron chi connectivity index (χ3n) is 4.26. The smallest absolute Gasteiger partial charge is 0.128 e. The molecule has 0 radical (unpaired) electrons. The van der Waals surface area contributed by atoms with Gasteiger partial charge in [0.1, 0.15) is 17.1 Å². The highest BCUT2D eigenvalue weighted by molar-refractivity contribution is 5.44. The molecule has 1 heterocycles. The lowest BCUT2D eigenvalue weighted by Gasteiger charge is -2.42. The Labute approximate surface area is 122 Å². The minimum Gasteiger partial charge on any atom is -0.497 e. The fourth-order valence-electron chi connectivity index (χ4n) is 3.37. The molecule has 0 spiro atoms. The SMILES string of the molecule is CCCC1(CCC)CC(NC)c2ccc(OC)cc2O1. The third kappa shape index (κ3) is 2.93. The Bertz CT molecular complexity index is 439. The zero-order valence-corrected chi connectivity index (χ0v) is 13.2. The predicted molar refractivity (Wildman–Crippen MR) is 82.6 cm³/mol. The second kappa shape index (κ2) is 6.49. The van der Waals surface area contributed by atoms with E-state index in [0.717, 1.165) is 43.6 Å². The number of hydrogen-bond acceptors (Lipinski definition) is 3. The third-order valence-corrected chi connectivity index (χ3v) is 4.26. The summed E-state index contributed by atoms with van der Waals surface area (Å²) in [5.41, 5.74) is 1.22. The Morgan fingerprint density at radius 1 is 1.30 bits per heavy atom. The van der Waals surface area contributed by atoms with Gasteiger partial charge in [-0.25, -0.2) is 0 Å². The van der Waals surface area contributed by atoms with Crippen molar-refractivity contribution in [1.29, 1.82) is 0 Å². The van der Waals surface area contributed by atoms with Crippen LogP contribution in [0.15, 0.2) is 18.2 Å². The van der Waals surface area contributed by atoms with Crippen molar-refractivity contribution in [2.75, 3.05) is 14.2 Å². The largest absolute Gasteiger partial charge is 0.497 e. The topological polar surface area (TPSA) is 30.5 Å². The van der Waals surface area contributed by atoms with Crippen LogP contribution in [0.25, 0.3) is 0 Å². The molecule has 0 saturated carbocycles. The van der Waals surface area contributed by atoms with Gasteiger partial charge in [0, 0.05) is 24.1 Å². The summed E-state index contributed by atoms with van der Waals surface area (Å²) >= 11 is 0. The van der Waals surface area contributed by atoms with E-state index in [1.165, 1.54) is 5.56 Å². The zero-order chi connectivity index (χ0) is 14.6. The molecule has 20 heavy (non-hydrogen) atoms. The molecule has 112 valence electrons. The van der Waals surface area contributed by atoms with Crippen LogP contribution in [-0.4, -0.2) is 19.8 Å². The van der Waals surface area contributed by atoms with Gasteiger partial charge in [-0.2, -0.15) is 0 Å². The fourth-order valence-corrected chi connectivity index (χ4v) is 3.37. The van der Waals surface area contributed by atoms with Crippen molar-refractivity contribution in [2.24, 2.45) is 0 Å². The molecule has 0 amide bonds. The lowest BCUT2D eigenvalue weighted by molar-refractivity contribution is 0.0137. The normalized spacial score (nSPS) is 20.1. The molecule has 1 atom stereocenters. The first-order chi connectivity index (χ1) is 9.68. The molecule has 1 N–H and O–H groups in total. The number of nitrogens with one attached hydrogen (secondary N) is 1. The molecule has 2 rings (SSSR count). The Kier molecular flexibility index (Phi) is 4.92. The first-order valence-electron chi connectivity index (χ1n) is 7.72. The lowest BCUT2D eigenvalue weighted by atomic mass is 9.81. The molecule has 1 aliphatic heterocycles. The van der Waals surface area contributed by atoms with Crippen molar-refractivity contribution in [3.63, 3.8) is 0 Å². The highest BCUT2D eigenvalue weighted by atomic mass is 16.5. The molecule has 0 aromatic heterocycles. The fraction of sp³-hybridized carbons (Fsp3) is 0.647. The summed E-state index contributed by atoms with van der Waals surface area (Å²) in [5.74, 6) is 1.85. The molecule has 0 aliphatic carbocycles. The van der Waals surface area contributed by atoms with Gasteiger partial charge in [-0.1, -0.05) is 32.8 Å². The molecule has 3 nitrogen and oxygen atoms in total. The van der Waals surface area contributed by atoms with E-state index in [2.05, 4.69) is 25.2 Å². The van der Waals surface area contributed by atoms with E-state index < -0.39 is 0 Å². The number of hydrogen-bond donors (Lipinski definition) is 1. The summed E-state index contributed by atoms with van der Waals surface area (Å²) in [6, 6.07) is 6.53. The van der Waals surface area contributed by atoms with Crippen molar-refractivity contribution in [2.45, 2.75) is 57.6 Å². The molecular formula is C17H27NO2. The van der Waals surface area contributed by atoms with E-state index in [1.807, 2.05) is 19.2 Å². The summed E-state index contributed by atoms with van der Waals surface area (Å²) < 4.78 is 11.8. The molecule has 1 aromatic rings. The Morgan fingerprint density at radius 3 is 2.55 bits per heavy atom. The first kappa shape index (κ1) is 15.2. The van der Waals surface area contributed by atoms with Gasteiger partial charge in [0.25, 0.3) is 0 Å². The summed E-state index contributed by atoms with van der Waals surface area (Å²) in [4.78, 5) is 0. The van der Waals surface area contributed by atoms with Gasteiger partial charge >= 0.3 is 0 Å². The standard InChI is InChI=1S/C17H27NO2/c1-5-9-17(10-6-2)12-15(18-3)14-8-7-13(19-4)11-16(14)20-17/h7-8,11,15,18H,5-6,9-10,12H2,1-4H3. The molecule has 3 heteroatoms. The maximum absolute atomic E-state index is 6.45. The van der Waals surface area contributed by atoms with Crippen LogP contribution in [0.5, 0.6) is 11.5 Å². The monoisotopic (exact) mass is 277 g/mol. The second-order valence-electron chi connectivity index (χ2n) is 5.73. The molecule has 0 bridgehead atoms. The van der Waals surface area contributed by atoms with Crippen LogP contribution in [0.3, 0.4) is 0 Å². The summed E-state index contributed by atoms with van der Waals surface area (Å²) in [5, 5.41) is 3.45. The van der Waals surface area contributed by atoms with Gasteiger partial charge < -0.3 is 14.8 Å². The van der Waals surface area contributed by atoms with Gasteiger partial charge in [0.15, 0.2) is 0 Å². The average molecular weight is 277 g/mol. The molecular weight excluding hydrogens is 250 g/mol. The summed E-state index contributed by atoms with van der Waals surface area (Å²) in [6.07, 6.45) is 5.56. The van der Waals surface area contributed by atoms with Gasteiger partial charge in [0.05, 0.1) is 7.11 Å². The van der Waals surface area contributed by atoms with Crippen molar-refractivity contribution in [3.05, 3.63) is 23.8 Å². The van der Waals surface area contributed by atoms with Gasteiger partial charge in [0.2, 0.25) is 0 Å². The van der Waals surface area contributed by atoms with E-state index in [4.69, 9.17) is 9.47 Å². The Balaban J connectivity index is 2.38. The van der Waals surface area contributed by atoms with Crippen LogP contribution in [0.4, 0.5) is 0 Å². The van der Waals surface area contributed by atoms with Crippen molar-refractivity contribution < 1.29 is 9.47 Å². The van der Waals surface area contributed by atoms with Crippen LogP contribution in [0.2, 0.25) is 0 Å². The average Bonchev–Trinajstić information content (AvgIpc) is 2.46. The van der Waals surface area contributed by atoms with E-state index in [0.29, 0.717) is 6.04 Å². The summed E-state index contributed by atoms with van der Waals surface area (Å²) in [6.45, 7) is 4.46. The minimum absolute atomic E-state index is 0.0312. The van der Waals surface area contributed by atoms with E-state index in [1.54, 1.807) is 7.11 Å². The Morgan fingerprint density at radius 2 is 2.00 bits per heavy atom. The molecule has 1 aliphatic rings. The van der Waals surface area contributed by atoms with Gasteiger partial charge in [-0.05, 0) is 26.0 Å². The van der Waals surface area contributed by atoms with Crippen LogP contribution < -0.4 is 14.8 Å². The molecule has 0 fully saturated rings. The number of benzene rings is 1. The van der Waals surface area contributed by atoms with Crippen LogP contribution in [-0.2, 0) is 0 Å². The number of rotatable bonds is 6. The maximum atomic E-state index is 6.45. The highest BCUT2D eigenvalue weighted by Crippen LogP contribution is 2.44. The number of ether oxygens (including phenoxy) is 2. The van der Waals surface area contributed by atoms with E-state index >= 15 is 0 Å². The first-order valence-corrected chi connectivity index (χ1v) is 7.72. The molecule has 1 aromatic carbocycles. The molecule has 1 unspecified atom stereocenters. The number of methoxy groups -OCH3 is 1. The van der Waals surface area contributed by atoms with Crippen molar-refractivity contribution >= 4 is 0 Å². The Hall–Kier alpha value is -1.22. The van der Waals surface area contributed by atoms with Crippen molar-refractivity contribution in [3.8, 4) is 11.5 Å². The van der Waals surface area contributed by atoms with Crippen LogP contribution >= 0.6 is 0 Å². The lowest BCUT2D eigenvalue weighted by Crippen LogP contribution is -2.43. The molecule has 0 saturated heterocycles. The second-order valence-corrected chi connectivity index (χ2v) is 5.73. The summed E-state index contributed by atoms with van der Waals surface area (Å²) in [7, 11) is 3.73. The highest BCUT2D eigenvalue weighted by Gasteiger charge is 2.39. The minimum atomic E-state index is -0.0312. The van der Waals surface area contributed by atoms with Crippen molar-refractivity contribution in [1.82, 2.24) is 5.32 Å². The zero-order valence-electron chi connectivity index (χ0n) is 13.2. The predicted octanol–water partition coefficient (Wildman–Crippen LogP) is 4.08. The van der Waals surface area contributed by atoms with Crippen LogP contribution in [0.1, 0.15) is 57.6 Å². The van der Waals surface area contributed by atoms with Crippen LogP contribution in [0, 0.1) is 0 Å². The quantitative estimate of drug-likeness (QED) is 0.850. The van der Waals surface area contributed by atoms with E-state index in [-0.39, 0.29) is 5.60 Å².